The number of methoxy groups -OCH3 is 1. The van der Waals surface area contributed by atoms with Crippen molar-refractivity contribution in [3.63, 3.8) is 0 Å². The van der Waals surface area contributed by atoms with E-state index in [9.17, 15) is 9.59 Å². The van der Waals surface area contributed by atoms with E-state index in [2.05, 4.69) is 15.4 Å². The molecule has 0 saturated carbocycles. The highest BCUT2D eigenvalue weighted by Gasteiger charge is 2.08. The van der Waals surface area contributed by atoms with Crippen LogP contribution in [0.2, 0.25) is 0 Å². The minimum atomic E-state index is -0.265. The van der Waals surface area contributed by atoms with Crippen LogP contribution in [-0.4, -0.2) is 27.8 Å². The van der Waals surface area contributed by atoms with Gasteiger partial charge in [-0.25, -0.2) is 4.98 Å². The van der Waals surface area contributed by atoms with Gasteiger partial charge in [-0.1, -0.05) is 12.1 Å². The Balaban J connectivity index is 1.80. The number of nitrogens with one attached hydrogen (secondary N) is 1. The molecule has 0 aliphatic carbocycles. The van der Waals surface area contributed by atoms with Crippen LogP contribution in [-0.2, 0) is 11.3 Å². The van der Waals surface area contributed by atoms with Gasteiger partial charge in [0.05, 0.1) is 30.7 Å². The Morgan fingerprint density at radius 3 is 2.78 bits per heavy atom. The number of carbonyl (C=O) groups excluding carboxylic acids is 1. The Kier molecular flexibility index (Phi) is 4.01. The number of hydrogen-bond donors (Lipinski definition) is 1. The van der Waals surface area contributed by atoms with Crippen molar-refractivity contribution in [3.8, 4) is 5.88 Å². The van der Waals surface area contributed by atoms with Crippen molar-refractivity contribution in [1.82, 2.24) is 14.8 Å². The van der Waals surface area contributed by atoms with Crippen molar-refractivity contribution in [3.05, 3.63) is 59.0 Å². The van der Waals surface area contributed by atoms with E-state index < -0.39 is 0 Å². The molecule has 2 heterocycles. The molecule has 0 saturated heterocycles. The number of rotatable bonds is 4. The van der Waals surface area contributed by atoms with Gasteiger partial charge in [0.25, 0.3) is 0 Å². The van der Waals surface area contributed by atoms with Crippen molar-refractivity contribution >= 4 is 22.5 Å². The van der Waals surface area contributed by atoms with Crippen molar-refractivity contribution in [2.75, 3.05) is 12.4 Å². The molecule has 3 rings (SSSR count). The van der Waals surface area contributed by atoms with E-state index in [0.717, 1.165) is 0 Å². The van der Waals surface area contributed by atoms with Crippen LogP contribution in [0.1, 0.15) is 0 Å². The van der Waals surface area contributed by atoms with Gasteiger partial charge in [0.1, 0.15) is 6.54 Å². The number of nitrogens with zero attached hydrogens (tertiary/aromatic N) is 3. The zero-order valence-corrected chi connectivity index (χ0v) is 12.4. The Labute approximate surface area is 131 Å². The monoisotopic (exact) mass is 310 g/mol. The first-order valence-electron chi connectivity index (χ1n) is 6.92. The molecule has 0 spiro atoms. The minimum Gasteiger partial charge on any atom is -0.481 e. The third-order valence-corrected chi connectivity index (χ3v) is 3.28. The van der Waals surface area contributed by atoms with E-state index in [-0.39, 0.29) is 17.9 Å². The Morgan fingerprint density at radius 2 is 2.04 bits per heavy atom. The molecular formula is C16H14N4O3. The van der Waals surface area contributed by atoms with E-state index in [1.54, 1.807) is 36.4 Å². The van der Waals surface area contributed by atoms with Crippen molar-refractivity contribution < 1.29 is 9.53 Å². The molecule has 0 bridgehead atoms. The molecule has 1 amide bonds. The highest BCUT2D eigenvalue weighted by atomic mass is 16.5. The molecule has 116 valence electrons. The number of ether oxygens (including phenoxy) is 1. The lowest BCUT2D eigenvalue weighted by atomic mass is 10.2. The molecule has 0 aliphatic heterocycles. The number of carbonyl (C=O) groups is 1. The summed E-state index contributed by atoms with van der Waals surface area (Å²) in [7, 11) is 1.52. The minimum absolute atomic E-state index is 0.00712. The van der Waals surface area contributed by atoms with Crippen LogP contribution >= 0.6 is 0 Å². The van der Waals surface area contributed by atoms with Crippen LogP contribution in [0, 0.1) is 0 Å². The van der Waals surface area contributed by atoms with Crippen LogP contribution < -0.4 is 15.5 Å². The molecule has 1 N–H and O–H groups in total. The molecule has 0 radical (unpaired) electrons. The summed E-state index contributed by atoms with van der Waals surface area (Å²) in [4.78, 5) is 27.9. The summed E-state index contributed by atoms with van der Waals surface area (Å²) in [6, 6.07) is 10.4. The maximum atomic E-state index is 12.2. The predicted molar refractivity (Wildman–Crippen MR) is 85.4 cm³/mol. The molecule has 0 unspecified atom stereocenters. The summed E-state index contributed by atoms with van der Waals surface area (Å²) in [5.41, 5.74) is 1.00. The van der Waals surface area contributed by atoms with Gasteiger partial charge in [0, 0.05) is 11.5 Å². The number of benzene rings is 1. The summed E-state index contributed by atoms with van der Waals surface area (Å²) in [6.07, 6.45) is 2.72. The first-order valence-corrected chi connectivity index (χ1v) is 6.92. The third kappa shape index (κ3) is 3.18. The molecule has 7 heteroatoms. The van der Waals surface area contributed by atoms with E-state index in [0.29, 0.717) is 22.5 Å². The molecule has 2 aromatic heterocycles. The Hall–Kier alpha value is -3.22. The largest absolute Gasteiger partial charge is 0.481 e. The quantitative estimate of drug-likeness (QED) is 0.788. The first-order chi connectivity index (χ1) is 11.2. The van der Waals surface area contributed by atoms with E-state index in [4.69, 9.17) is 4.74 Å². The fourth-order valence-electron chi connectivity index (χ4n) is 2.20. The van der Waals surface area contributed by atoms with Crippen molar-refractivity contribution in [1.29, 1.82) is 0 Å². The second-order valence-electron chi connectivity index (χ2n) is 4.82. The summed E-state index contributed by atoms with van der Waals surface area (Å²) >= 11 is 0. The van der Waals surface area contributed by atoms with Crippen LogP contribution in [0.15, 0.2) is 53.6 Å². The number of fused-ring (bicyclic) bond motifs is 1. The van der Waals surface area contributed by atoms with Crippen LogP contribution in [0.25, 0.3) is 10.9 Å². The van der Waals surface area contributed by atoms with Gasteiger partial charge >= 0.3 is 0 Å². The van der Waals surface area contributed by atoms with Gasteiger partial charge in [-0.15, -0.1) is 0 Å². The number of pyridine rings is 1. The number of aromatic nitrogens is 3. The maximum absolute atomic E-state index is 12.2. The predicted octanol–water partition coefficient (Wildman–Crippen LogP) is 1.44. The summed E-state index contributed by atoms with van der Waals surface area (Å²) in [5.74, 6) is 0.203. The second kappa shape index (κ2) is 6.27. The molecule has 23 heavy (non-hydrogen) atoms. The fourth-order valence-corrected chi connectivity index (χ4v) is 2.20. The standard InChI is InChI=1S/C16H14N4O3/c1-23-16-7-6-11(8-17-16)19-15(22)10-20-13-5-3-2-4-12(13)14(21)9-18-20/h2-9H,10H2,1H3,(H,19,22). The van der Waals surface area contributed by atoms with Crippen molar-refractivity contribution in [2.45, 2.75) is 6.54 Å². The lowest BCUT2D eigenvalue weighted by molar-refractivity contribution is -0.116. The van der Waals surface area contributed by atoms with Crippen LogP contribution in [0.3, 0.4) is 0 Å². The van der Waals surface area contributed by atoms with E-state index >= 15 is 0 Å². The summed E-state index contributed by atoms with van der Waals surface area (Å²) in [5, 5.41) is 7.28. The SMILES string of the molecule is COc1ccc(NC(=O)Cn2ncc(=O)c3ccccc32)cn1. The summed E-state index contributed by atoms with van der Waals surface area (Å²) < 4.78 is 6.45. The number of hydrogen-bond acceptors (Lipinski definition) is 5. The topological polar surface area (TPSA) is 86.1 Å². The average molecular weight is 310 g/mol. The lowest BCUT2D eigenvalue weighted by Crippen LogP contribution is -2.22. The molecular weight excluding hydrogens is 296 g/mol. The molecule has 1 aromatic carbocycles. The van der Waals surface area contributed by atoms with Gasteiger partial charge in [-0.3, -0.25) is 14.3 Å². The van der Waals surface area contributed by atoms with Gasteiger partial charge < -0.3 is 10.1 Å². The maximum Gasteiger partial charge on any atom is 0.246 e. The Bertz CT molecular complexity index is 903. The van der Waals surface area contributed by atoms with E-state index in [1.165, 1.54) is 24.2 Å². The molecule has 3 aromatic rings. The van der Waals surface area contributed by atoms with Gasteiger partial charge in [-0.2, -0.15) is 5.10 Å². The molecule has 0 atom stereocenters. The number of anilines is 1. The molecule has 0 fully saturated rings. The van der Waals surface area contributed by atoms with E-state index in [1.807, 2.05) is 0 Å². The highest BCUT2D eigenvalue weighted by Crippen LogP contribution is 2.12. The van der Waals surface area contributed by atoms with Gasteiger partial charge in [0.15, 0.2) is 0 Å². The lowest BCUT2D eigenvalue weighted by Gasteiger charge is -2.09. The normalized spacial score (nSPS) is 10.5. The number of amides is 1. The van der Waals surface area contributed by atoms with Gasteiger partial charge in [0.2, 0.25) is 17.2 Å². The van der Waals surface area contributed by atoms with Crippen LogP contribution in [0.4, 0.5) is 5.69 Å². The number of para-hydroxylation sites is 1. The first kappa shape index (κ1) is 14.7. The van der Waals surface area contributed by atoms with Crippen molar-refractivity contribution in [2.24, 2.45) is 0 Å². The third-order valence-electron chi connectivity index (χ3n) is 3.28. The summed E-state index contributed by atoms with van der Waals surface area (Å²) in [6.45, 7) is -0.00712. The zero-order valence-electron chi connectivity index (χ0n) is 12.4. The smallest absolute Gasteiger partial charge is 0.246 e. The average Bonchev–Trinajstić information content (AvgIpc) is 2.58. The Morgan fingerprint density at radius 1 is 1.22 bits per heavy atom. The van der Waals surface area contributed by atoms with Crippen LogP contribution in [0.5, 0.6) is 5.88 Å². The molecule has 7 nitrogen and oxygen atoms in total. The van der Waals surface area contributed by atoms with Gasteiger partial charge in [-0.05, 0) is 18.2 Å². The highest BCUT2D eigenvalue weighted by molar-refractivity contribution is 5.91. The second-order valence-corrected chi connectivity index (χ2v) is 4.82. The zero-order chi connectivity index (χ0) is 16.2. The fraction of sp³-hybridized carbons (Fsp3) is 0.125. The molecule has 0 aliphatic rings.